The molecule has 1 aliphatic heterocycles. The van der Waals surface area contributed by atoms with Gasteiger partial charge in [0.1, 0.15) is 12.4 Å². The number of nitrogens with zero attached hydrogens (tertiary/aromatic N) is 3. The first-order valence-electron chi connectivity index (χ1n) is 7.54. The van der Waals surface area contributed by atoms with Crippen LogP contribution in [0.2, 0.25) is 0 Å². The first-order chi connectivity index (χ1) is 10.6. The van der Waals surface area contributed by atoms with Crippen molar-refractivity contribution < 1.29 is 9.84 Å². The standard InChI is InChI=1S/C16H22N4O2/c1-19-15(4-6-18-19)14-10-12(17)2-3-16(14)22-9-8-20-7-5-13(21)11-20/h2-4,6,10,13,21H,5,7-9,11,17H2,1H3. The van der Waals surface area contributed by atoms with Gasteiger partial charge in [0.15, 0.2) is 0 Å². The van der Waals surface area contributed by atoms with E-state index in [1.807, 2.05) is 31.3 Å². The van der Waals surface area contributed by atoms with Crippen LogP contribution in [0.1, 0.15) is 6.42 Å². The van der Waals surface area contributed by atoms with Crippen LogP contribution in [0.25, 0.3) is 11.3 Å². The zero-order valence-electron chi connectivity index (χ0n) is 12.8. The van der Waals surface area contributed by atoms with E-state index in [1.165, 1.54) is 0 Å². The van der Waals surface area contributed by atoms with Crippen LogP contribution in [0.4, 0.5) is 5.69 Å². The van der Waals surface area contributed by atoms with Crippen LogP contribution in [0, 0.1) is 0 Å². The van der Waals surface area contributed by atoms with Crippen molar-refractivity contribution in [2.24, 2.45) is 7.05 Å². The van der Waals surface area contributed by atoms with Crippen LogP contribution < -0.4 is 10.5 Å². The van der Waals surface area contributed by atoms with Crippen molar-refractivity contribution in [2.75, 3.05) is 32.0 Å². The second-order valence-electron chi connectivity index (χ2n) is 5.69. The first-order valence-corrected chi connectivity index (χ1v) is 7.54. The number of hydrogen-bond acceptors (Lipinski definition) is 5. The topological polar surface area (TPSA) is 76.5 Å². The smallest absolute Gasteiger partial charge is 0.128 e. The maximum Gasteiger partial charge on any atom is 0.128 e. The fourth-order valence-corrected chi connectivity index (χ4v) is 2.81. The summed E-state index contributed by atoms with van der Waals surface area (Å²) < 4.78 is 7.75. The molecule has 0 bridgehead atoms. The molecule has 1 atom stereocenters. The van der Waals surface area contributed by atoms with Gasteiger partial charge in [0, 0.05) is 44.1 Å². The van der Waals surface area contributed by atoms with Gasteiger partial charge in [-0.1, -0.05) is 0 Å². The molecule has 0 radical (unpaired) electrons. The number of likely N-dealkylation sites (tertiary alicyclic amines) is 1. The van der Waals surface area contributed by atoms with Crippen molar-refractivity contribution in [1.29, 1.82) is 0 Å². The molecule has 1 aromatic heterocycles. The van der Waals surface area contributed by atoms with Crippen molar-refractivity contribution in [3.63, 3.8) is 0 Å². The monoisotopic (exact) mass is 302 g/mol. The minimum Gasteiger partial charge on any atom is -0.492 e. The van der Waals surface area contributed by atoms with E-state index >= 15 is 0 Å². The molecule has 2 aromatic rings. The maximum atomic E-state index is 9.54. The van der Waals surface area contributed by atoms with Gasteiger partial charge in [-0.2, -0.15) is 5.10 Å². The van der Waals surface area contributed by atoms with Crippen LogP contribution in [0.3, 0.4) is 0 Å². The number of aliphatic hydroxyl groups is 1. The Kier molecular flexibility index (Phi) is 4.31. The Balaban J connectivity index is 1.69. The lowest BCUT2D eigenvalue weighted by Crippen LogP contribution is -2.27. The highest BCUT2D eigenvalue weighted by atomic mass is 16.5. The number of nitrogens with two attached hydrogens (primary N) is 1. The largest absolute Gasteiger partial charge is 0.492 e. The molecule has 118 valence electrons. The van der Waals surface area contributed by atoms with E-state index in [-0.39, 0.29) is 6.10 Å². The van der Waals surface area contributed by atoms with Gasteiger partial charge < -0.3 is 15.6 Å². The number of aromatic nitrogens is 2. The lowest BCUT2D eigenvalue weighted by Gasteiger charge is -2.17. The lowest BCUT2D eigenvalue weighted by molar-refractivity contribution is 0.167. The van der Waals surface area contributed by atoms with E-state index < -0.39 is 0 Å². The highest BCUT2D eigenvalue weighted by Crippen LogP contribution is 2.31. The van der Waals surface area contributed by atoms with Gasteiger partial charge in [0.25, 0.3) is 0 Å². The number of aryl methyl sites for hydroxylation is 1. The second kappa shape index (κ2) is 6.37. The predicted molar refractivity (Wildman–Crippen MR) is 85.6 cm³/mol. The molecule has 3 N–H and O–H groups in total. The number of ether oxygens (including phenoxy) is 1. The Bertz CT molecular complexity index is 641. The Morgan fingerprint density at radius 1 is 1.41 bits per heavy atom. The number of rotatable bonds is 5. The Morgan fingerprint density at radius 2 is 2.27 bits per heavy atom. The zero-order chi connectivity index (χ0) is 15.5. The second-order valence-corrected chi connectivity index (χ2v) is 5.69. The Labute approximate surface area is 130 Å². The quantitative estimate of drug-likeness (QED) is 0.809. The van der Waals surface area contributed by atoms with Gasteiger partial charge in [-0.3, -0.25) is 9.58 Å². The summed E-state index contributed by atoms with van der Waals surface area (Å²) in [6, 6.07) is 7.59. The summed E-state index contributed by atoms with van der Waals surface area (Å²) in [6.07, 6.45) is 2.41. The summed E-state index contributed by atoms with van der Waals surface area (Å²) in [7, 11) is 1.90. The Morgan fingerprint density at radius 3 is 2.95 bits per heavy atom. The number of benzene rings is 1. The zero-order valence-corrected chi connectivity index (χ0v) is 12.8. The highest BCUT2D eigenvalue weighted by Gasteiger charge is 2.19. The summed E-state index contributed by atoms with van der Waals surface area (Å²) in [5.41, 5.74) is 8.52. The van der Waals surface area contributed by atoms with Crippen molar-refractivity contribution in [2.45, 2.75) is 12.5 Å². The van der Waals surface area contributed by atoms with E-state index in [1.54, 1.807) is 10.9 Å². The van der Waals surface area contributed by atoms with Gasteiger partial charge in [-0.15, -0.1) is 0 Å². The molecular weight excluding hydrogens is 280 g/mol. The Hall–Kier alpha value is -2.05. The normalized spacial score (nSPS) is 18.7. The number of aliphatic hydroxyl groups excluding tert-OH is 1. The molecule has 0 saturated carbocycles. The van der Waals surface area contributed by atoms with Crippen molar-refractivity contribution in [1.82, 2.24) is 14.7 Å². The van der Waals surface area contributed by atoms with Crippen molar-refractivity contribution >= 4 is 5.69 Å². The fraction of sp³-hybridized carbons (Fsp3) is 0.438. The maximum absolute atomic E-state index is 9.54. The van der Waals surface area contributed by atoms with Gasteiger partial charge in [0.05, 0.1) is 11.8 Å². The molecule has 0 amide bonds. The SMILES string of the molecule is Cn1nccc1-c1cc(N)ccc1OCCN1CCC(O)C1. The average molecular weight is 302 g/mol. The van der Waals surface area contributed by atoms with Crippen LogP contribution in [0.5, 0.6) is 5.75 Å². The first kappa shape index (κ1) is 14.9. The number of hydrogen-bond donors (Lipinski definition) is 2. The highest BCUT2D eigenvalue weighted by molar-refractivity contribution is 5.71. The summed E-state index contributed by atoms with van der Waals surface area (Å²) in [6.45, 7) is 3.06. The minimum atomic E-state index is -0.193. The van der Waals surface area contributed by atoms with Gasteiger partial charge in [-0.05, 0) is 30.7 Å². The third-order valence-corrected chi connectivity index (χ3v) is 4.01. The predicted octanol–water partition coefficient (Wildman–Crippen LogP) is 1.11. The number of nitrogen functional groups attached to an aromatic ring is 1. The molecule has 1 aliphatic rings. The molecule has 1 fully saturated rings. The molecule has 6 nitrogen and oxygen atoms in total. The number of anilines is 1. The van der Waals surface area contributed by atoms with E-state index in [4.69, 9.17) is 10.5 Å². The van der Waals surface area contributed by atoms with E-state index in [0.29, 0.717) is 12.3 Å². The molecule has 2 heterocycles. The summed E-state index contributed by atoms with van der Waals surface area (Å²) in [5.74, 6) is 0.803. The third kappa shape index (κ3) is 3.23. The average Bonchev–Trinajstić information content (AvgIpc) is 3.09. The van der Waals surface area contributed by atoms with Crippen LogP contribution >= 0.6 is 0 Å². The summed E-state index contributed by atoms with van der Waals surface area (Å²) in [4.78, 5) is 2.21. The number of β-amino-alcohol motifs (C(OH)–C–C–N with tert-alkyl or cyclic N) is 1. The van der Waals surface area contributed by atoms with Crippen LogP contribution in [-0.2, 0) is 7.05 Å². The van der Waals surface area contributed by atoms with Crippen molar-refractivity contribution in [3.05, 3.63) is 30.5 Å². The molecule has 1 saturated heterocycles. The molecule has 1 aromatic carbocycles. The molecule has 0 aliphatic carbocycles. The summed E-state index contributed by atoms with van der Waals surface area (Å²) >= 11 is 0. The molecular formula is C16H22N4O2. The lowest BCUT2D eigenvalue weighted by atomic mass is 10.1. The van der Waals surface area contributed by atoms with Crippen LogP contribution in [-0.4, -0.2) is 52.1 Å². The molecule has 1 unspecified atom stereocenters. The molecule has 0 spiro atoms. The van der Waals surface area contributed by atoms with Gasteiger partial charge in [0.2, 0.25) is 0 Å². The van der Waals surface area contributed by atoms with Crippen molar-refractivity contribution in [3.8, 4) is 17.0 Å². The molecule has 6 heteroatoms. The third-order valence-electron chi connectivity index (χ3n) is 4.01. The van der Waals surface area contributed by atoms with E-state index in [9.17, 15) is 5.11 Å². The van der Waals surface area contributed by atoms with Gasteiger partial charge >= 0.3 is 0 Å². The van der Waals surface area contributed by atoms with E-state index in [0.717, 1.165) is 43.1 Å². The van der Waals surface area contributed by atoms with Gasteiger partial charge in [-0.25, -0.2) is 0 Å². The summed E-state index contributed by atoms with van der Waals surface area (Å²) in [5, 5.41) is 13.7. The minimum absolute atomic E-state index is 0.193. The van der Waals surface area contributed by atoms with Crippen LogP contribution in [0.15, 0.2) is 30.5 Å². The molecule has 3 rings (SSSR count). The fourth-order valence-electron chi connectivity index (χ4n) is 2.81. The molecule has 22 heavy (non-hydrogen) atoms. The van der Waals surface area contributed by atoms with E-state index in [2.05, 4.69) is 10.00 Å².